The van der Waals surface area contributed by atoms with E-state index in [0.717, 1.165) is 5.76 Å². The number of sulfonamides is 1. The van der Waals surface area contributed by atoms with Crippen LogP contribution in [0, 0.1) is 6.92 Å². The van der Waals surface area contributed by atoms with Crippen LogP contribution in [0.2, 0.25) is 0 Å². The number of carbonyl (C=O) groups is 1. The molecule has 1 amide bonds. The number of furan rings is 1. The molecule has 0 aliphatic carbocycles. The van der Waals surface area contributed by atoms with E-state index in [1.54, 1.807) is 33.0 Å². The van der Waals surface area contributed by atoms with Gasteiger partial charge in [-0.2, -0.15) is 4.31 Å². The molecule has 0 radical (unpaired) electrons. The zero-order chi connectivity index (χ0) is 18.8. The van der Waals surface area contributed by atoms with Gasteiger partial charge in [-0.05, 0) is 51.1 Å². The maximum absolute atomic E-state index is 12.6. The van der Waals surface area contributed by atoms with Gasteiger partial charge in [-0.25, -0.2) is 8.42 Å². The van der Waals surface area contributed by atoms with Crippen LogP contribution in [0.4, 0.5) is 0 Å². The van der Waals surface area contributed by atoms with Crippen LogP contribution in [0.25, 0.3) is 0 Å². The zero-order valence-corrected chi connectivity index (χ0v) is 16.0. The van der Waals surface area contributed by atoms with Crippen molar-refractivity contribution >= 4 is 15.9 Å². The first kappa shape index (κ1) is 19.2. The molecule has 1 aromatic carbocycles. The fourth-order valence-electron chi connectivity index (χ4n) is 2.33. The highest BCUT2D eigenvalue weighted by Gasteiger charge is 2.24. The van der Waals surface area contributed by atoms with Crippen LogP contribution >= 0.6 is 0 Å². The van der Waals surface area contributed by atoms with E-state index >= 15 is 0 Å². The van der Waals surface area contributed by atoms with Gasteiger partial charge < -0.3 is 9.32 Å². The summed E-state index contributed by atoms with van der Waals surface area (Å²) < 4.78 is 32.0. The van der Waals surface area contributed by atoms with Crippen molar-refractivity contribution in [3.63, 3.8) is 0 Å². The number of hydrogen-bond acceptors (Lipinski definition) is 4. The first-order valence-corrected chi connectivity index (χ1v) is 9.46. The fraction of sp³-hybridized carbons (Fsp3) is 0.389. The second-order valence-corrected chi connectivity index (χ2v) is 8.31. The Labute approximate surface area is 149 Å². The van der Waals surface area contributed by atoms with E-state index in [1.807, 2.05) is 19.1 Å². The average molecular weight is 364 g/mol. The van der Waals surface area contributed by atoms with E-state index in [4.69, 9.17) is 4.42 Å². The van der Waals surface area contributed by atoms with Gasteiger partial charge in [0.15, 0.2) is 0 Å². The lowest BCUT2D eigenvalue weighted by molar-refractivity contribution is 0.0774. The van der Waals surface area contributed by atoms with Crippen molar-refractivity contribution in [1.29, 1.82) is 0 Å². The molecule has 6 nitrogen and oxygen atoms in total. The molecular formula is C18H24N2O4S. The number of aryl methyl sites for hydroxylation is 1. The summed E-state index contributed by atoms with van der Waals surface area (Å²) in [6, 6.07) is 9.59. The van der Waals surface area contributed by atoms with E-state index < -0.39 is 10.0 Å². The van der Waals surface area contributed by atoms with Gasteiger partial charge in [-0.1, -0.05) is 6.07 Å². The molecule has 136 valence electrons. The van der Waals surface area contributed by atoms with Crippen LogP contribution in [0.1, 0.15) is 35.7 Å². The largest absolute Gasteiger partial charge is 0.464 e. The molecule has 0 N–H and O–H groups in total. The summed E-state index contributed by atoms with van der Waals surface area (Å²) in [6.07, 6.45) is 0. The minimum Gasteiger partial charge on any atom is -0.464 e. The summed E-state index contributed by atoms with van der Waals surface area (Å²) in [5, 5.41) is 0. The van der Waals surface area contributed by atoms with Gasteiger partial charge >= 0.3 is 0 Å². The van der Waals surface area contributed by atoms with E-state index in [0.29, 0.717) is 17.9 Å². The van der Waals surface area contributed by atoms with Crippen LogP contribution in [0.5, 0.6) is 0 Å². The smallest absolute Gasteiger partial charge is 0.254 e. The van der Waals surface area contributed by atoms with Gasteiger partial charge in [-0.15, -0.1) is 0 Å². The molecule has 0 aliphatic heterocycles. The third-order valence-electron chi connectivity index (χ3n) is 4.02. The molecule has 0 atom stereocenters. The Balaban J connectivity index is 2.24. The number of hydrogen-bond donors (Lipinski definition) is 0. The molecule has 0 unspecified atom stereocenters. The topological polar surface area (TPSA) is 70.8 Å². The van der Waals surface area contributed by atoms with Gasteiger partial charge in [0.1, 0.15) is 11.5 Å². The number of benzene rings is 1. The van der Waals surface area contributed by atoms with Gasteiger partial charge in [-0.3, -0.25) is 4.79 Å². The van der Waals surface area contributed by atoms with Crippen molar-refractivity contribution < 1.29 is 17.6 Å². The van der Waals surface area contributed by atoms with Gasteiger partial charge in [0.2, 0.25) is 10.0 Å². The molecule has 0 saturated heterocycles. The number of nitrogens with zero attached hydrogens (tertiary/aromatic N) is 2. The van der Waals surface area contributed by atoms with Crippen LogP contribution in [0.3, 0.4) is 0 Å². The Hall–Kier alpha value is -2.12. The minimum absolute atomic E-state index is 0.108. The molecule has 0 saturated carbocycles. The van der Waals surface area contributed by atoms with Crippen LogP contribution in [-0.4, -0.2) is 43.7 Å². The summed E-state index contributed by atoms with van der Waals surface area (Å²) in [4.78, 5) is 14.2. The summed E-state index contributed by atoms with van der Waals surface area (Å²) >= 11 is 0. The summed E-state index contributed by atoms with van der Waals surface area (Å²) in [5.41, 5.74) is 0.323. The molecule has 0 bridgehead atoms. The molecule has 0 aliphatic rings. The molecule has 2 aromatic rings. The average Bonchev–Trinajstić information content (AvgIpc) is 2.98. The number of carbonyl (C=O) groups excluding carboxylic acids is 1. The van der Waals surface area contributed by atoms with Crippen molar-refractivity contribution in [3.05, 3.63) is 53.5 Å². The third-order valence-corrected chi connectivity index (χ3v) is 6.05. The van der Waals surface area contributed by atoms with Crippen molar-refractivity contribution in [2.45, 2.75) is 38.3 Å². The highest BCUT2D eigenvalue weighted by Crippen LogP contribution is 2.19. The first-order chi connectivity index (χ1) is 11.6. The third kappa shape index (κ3) is 4.29. The quantitative estimate of drug-likeness (QED) is 0.790. The highest BCUT2D eigenvalue weighted by atomic mass is 32.2. The number of amides is 1. The van der Waals surface area contributed by atoms with Crippen molar-refractivity contribution in [2.24, 2.45) is 0 Å². The SMILES string of the molecule is Cc1ccc(CN(C)C(=O)c2cccc(S(=O)(=O)N(C)C(C)C)c2)o1. The van der Waals surface area contributed by atoms with Gasteiger partial charge in [0, 0.05) is 25.7 Å². The second kappa shape index (κ2) is 7.41. The lowest BCUT2D eigenvalue weighted by Gasteiger charge is -2.21. The molecule has 2 rings (SSSR count). The Kier molecular flexibility index (Phi) is 5.69. The van der Waals surface area contributed by atoms with Crippen molar-refractivity contribution in [1.82, 2.24) is 9.21 Å². The predicted octanol–water partition coefficient (Wildman–Crippen LogP) is 2.89. The number of rotatable bonds is 6. The van der Waals surface area contributed by atoms with Gasteiger partial charge in [0.25, 0.3) is 5.91 Å². The highest BCUT2D eigenvalue weighted by molar-refractivity contribution is 7.89. The van der Waals surface area contributed by atoms with Crippen molar-refractivity contribution in [2.75, 3.05) is 14.1 Å². The lowest BCUT2D eigenvalue weighted by atomic mass is 10.2. The first-order valence-electron chi connectivity index (χ1n) is 8.02. The predicted molar refractivity (Wildman–Crippen MR) is 95.8 cm³/mol. The summed E-state index contributed by atoms with van der Waals surface area (Å²) in [7, 11) is -0.449. The van der Waals surface area contributed by atoms with Crippen molar-refractivity contribution in [3.8, 4) is 0 Å². The lowest BCUT2D eigenvalue weighted by Crippen LogP contribution is -2.33. The molecule has 25 heavy (non-hydrogen) atoms. The van der Waals surface area contributed by atoms with E-state index in [-0.39, 0.29) is 16.8 Å². The molecule has 0 fully saturated rings. The Morgan fingerprint density at radius 2 is 1.84 bits per heavy atom. The summed E-state index contributed by atoms with van der Waals surface area (Å²) in [6.45, 7) is 5.75. The maximum Gasteiger partial charge on any atom is 0.254 e. The van der Waals surface area contributed by atoms with Crippen LogP contribution < -0.4 is 0 Å². The van der Waals surface area contributed by atoms with E-state index in [9.17, 15) is 13.2 Å². The second-order valence-electron chi connectivity index (χ2n) is 6.32. The molecular weight excluding hydrogens is 340 g/mol. The Bertz CT molecular complexity index is 855. The molecule has 7 heteroatoms. The van der Waals surface area contributed by atoms with Gasteiger partial charge in [0.05, 0.1) is 11.4 Å². The standard InChI is InChI=1S/C18H24N2O4S/c1-13(2)20(5)25(22,23)17-8-6-7-15(11-17)18(21)19(4)12-16-10-9-14(3)24-16/h6-11,13H,12H2,1-5H3. The minimum atomic E-state index is -3.63. The van der Waals surface area contributed by atoms with Crippen LogP contribution in [0.15, 0.2) is 45.7 Å². The van der Waals surface area contributed by atoms with Crippen LogP contribution in [-0.2, 0) is 16.6 Å². The van der Waals surface area contributed by atoms with E-state index in [1.165, 1.54) is 28.4 Å². The summed E-state index contributed by atoms with van der Waals surface area (Å²) in [5.74, 6) is 1.19. The van der Waals surface area contributed by atoms with E-state index in [2.05, 4.69) is 0 Å². The zero-order valence-electron chi connectivity index (χ0n) is 15.2. The Morgan fingerprint density at radius 1 is 1.16 bits per heavy atom. The fourth-order valence-corrected chi connectivity index (χ4v) is 3.74. The Morgan fingerprint density at radius 3 is 2.40 bits per heavy atom. The molecule has 1 heterocycles. The molecule has 0 spiro atoms. The maximum atomic E-state index is 12.6. The molecule has 1 aromatic heterocycles. The monoisotopic (exact) mass is 364 g/mol. The normalized spacial score (nSPS) is 12.0.